The van der Waals surface area contributed by atoms with Crippen molar-refractivity contribution in [1.82, 2.24) is 9.78 Å². The molecule has 1 unspecified atom stereocenters. The van der Waals surface area contributed by atoms with Crippen LogP contribution in [-0.4, -0.2) is 21.4 Å². The average Bonchev–Trinajstić information content (AvgIpc) is 2.38. The molecule has 0 saturated carbocycles. The molecule has 0 aliphatic heterocycles. The van der Waals surface area contributed by atoms with Gasteiger partial charge in [0.25, 0.3) is 0 Å². The smallest absolute Gasteiger partial charge is 0.0826 e. The van der Waals surface area contributed by atoms with Crippen molar-refractivity contribution in [2.45, 2.75) is 32.8 Å². The molecular formula is C10H19N3O. The number of hydrogen-bond donors (Lipinski definition) is 2. The van der Waals surface area contributed by atoms with Gasteiger partial charge in [-0.3, -0.25) is 4.68 Å². The minimum Gasteiger partial charge on any atom is -0.388 e. The standard InChI is InChI=1S/C10H19N3O/c1-7-10(8(2)13(3)12-7)9(14)5-4-6-11/h9,14H,4-6,11H2,1-3H3. The van der Waals surface area contributed by atoms with Crippen molar-refractivity contribution in [1.29, 1.82) is 0 Å². The average molecular weight is 197 g/mol. The van der Waals surface area contributed by atoms with Crippen LogP contribution in [0.3, 0.4) is 0 Å². The molecule has 0 fully saturated rings. The molecule has 3 N–H and O–H groups in total. The van der Waals surface area contributed by atoms with Crippen molar-refractivity contribution in [3.8, 4) is 0 Å². The first-order valence-corrected chi connectivity index (χ1v) is 4.96. The van der Waals surface area contributed by atoms with Crippen molar-refractivity contribution in [3.05, 3.63) is 17.0 Å². The second kappa shape index (κ2) is 4.57. The molecule has 0 spiro atoms. The third-order valence-electron chi connectivity index (χ3n) is 2.58. The van der Waals surface area contributed by atoms with E-state index in [9.17, 15) is 5.11 Å². The molecule has 4 heteroatoms. The molecule has 0 saturated heterocycles. The van der Waals surface area contributed by atoms with Crippen molar-refractivity contribution >= 4 is 0 Å². The molecule has 1 rings (SSSR count). The number of aliphatic hydroxyl groups is 1. The van der Waals surface area contributed by atoms with E-state index in [1.165, 1.54) is 0 Å². The molecule has 80 valence electrons. The van der Waals surface area contributed by atoms with Crippen LogP contribution < -0.4 is 5.73 Å². The molecule has 1 atom stereocenters. The predicted octanol–water partition coefficient (Wildman–Crippen LogP) is 0.809. The second-order valence-electron chi connectivity index (χ2n) is 3.65. The summed E-state index contributed by atoms with van der Waals surface area (Å²) in [6.45, 7) is 4.52. The van der Waals surface area contributed by atoms with Crippen LogP contribution in [0, 0.1) is 13.8 Å². The lowest BCUT2D eigenvalue weighted by atomic mass is 10.0. The largest absolute Gasteiger partial charge is 0.388 e. The zero-order valence-electron chi connectivity index (χ0n) is 9.12. The molecule has 0 amide bonds. The monoisotopic (exact) mass is 197 g/mol. The van der Waals surface area contributed by atoms with Gasteiger partial charge in [0.05, 0.1) is 11.8 Å². The normalized spacial score (nSPS) is 13.2. The van der Waals surface area contributed by atoms with E-state index in [1.54, 1.807) is 4.68 Å². The molecule has 0 aliphatic rings. The summed E-state index contributed by atoms with van der Waals surface area (Å²) in [5, 5.41) is 14.2. The van der Waals surface area contributed by atoms with Gasteiger partial charge in [-0.15, -0.1) is 0 Å². The minimum absolute atomic E-state index is 0.424. The van der Waals surface area contributed by atoms with Crippen molar-refractivity contribution < 1.29 is 5.11 Å². The van der Waals surface area contributed by atoms with Gasteiger partial charge in [-0.1, -0.05) is 0 Å². The first-order valence-electron chi connectivity index (χ1n) is 4.96. The van der Waals surface area contributed by atoms with E-state index in [0.29, 0.717) is 13.0 Å². The lowest BCUT2D eigenvalue weighted by molar-refractivity contribution is 0.164. The Kier molecular flexibility index (Phi) is 3.66. The Hall–Kier alpha value is -0.870. The number of nitrogens with zero attached hydrogens (tertiary/aromatic N) is 2. The highest BCUT2D eigenvalue weighted by Gasteiger charge is 2.16. The lowest BCUT2D eigenvalue weighted by Crippen LogP contribution is -2.05. The SMILES string of the molecule is Cc1nn(C)c(C)c1C(O)CCCN. The summed E-state index contributed by atoms with van der Waals surface area (Å²) in [5.41, 5.74) is 8.31. The predicted molar refractivity (Wildman–Crippen MR) is 55.9 cm³/mol. The molecule has 0 radical (unpaired) electrons. The molecule has 1 aromatic rings. The van der Waals surface area contributed by atoms with Gasteiger partial charge in [0.2, 0.25) is 0 Å². The van der Waals surface area contributed by atoms with E-state index in [0.717, 1.165) is 23.4 Å². The van der Waals surface area contributed by atoms with Crippen LogP contribution in [0.1, 0.15) is 35.9 Å². The Morgan fingerprint density at radius 2 is 2.14 bits per heavy atom. The summed E-state index contributed by atoms with van der Waals surface area (Å²) in [4.78, 5) is 0. The summed E-state index contributed by atoms with van der Waals surface area (Å²) >= 11 is 0. The number of aliphatic hydroxyl groups excluding tert-OH is 1. The first kappa shape index (κ1) is 11.2. The maximum Gasteiger partial charge on any atom is 0.0826 e. The van der Waals surface area contributed by atoms with Gasteiger partial charge in [0.15, 0.2) is 0 Å². The van der Waals surface area contributed by atoms with E-state index >= 15 is 0 Å². The quantitative estimate of drug-likeness (QED) is 0.750. The van der Waals surface area contributed by atoms with Gasteiger partial charge >= 0.3 is 0 Å². The van der Waals surface area contributed by atoms with Crippen molar-refractivity contribution in [2.75, 3.05) is 6.54 Å². The molecule has 14 heavy (non-hydrogen) atoms. The molecule has 1 heterocycles. The summed E-state index contributed by atoms with van der Waals surface area (Å²) in [6.07, 6.45) is 1.13. The lowest BCUT2D eigenvalue weighted by Gasteiger charge is -2.10. The third kappa shape index (κ3) is 2.13. The molecule has 0 bridgehead atoms. The third-order valence-corrected chi connectivity index (χ3v) is 2.58. The van der Waals surface area contributed by atoms with Crippen LogP contribution in [-0.2, 0) is 7.05 Å². The van der Waals surface area contributed by atoms with Gasteiger partial charge in [-0.05, 0) is 33.2 Å². The molecule has 0 aromatic carbocycles. The van der Waals surface area contributed by atoms with Gasteiger partial charge in [0, 0.05) is 18.3 Å². The van der Waals surface area contributed by atoms with E-state index in [2.05, 4.69) is 5.10 Å². The van der Waals surface area contributed by atoms with Crippen LogP contribution in [0.2, 0.25) is 0 Å². The minimum atomic E-state index is -0.424. The van der Waals surface area contributed by atoms with Gasteiger partial charge in [-0.25, -0.2) is 0 Å². The summed E-state index contributed by atoms with van der Waals surface area (Å²) in [5.74, 6) is 0. The number of hydrogen-bond acceptors (Lipinski definition) is 3. The van der Waals surface area contributed by atoms with Crippen LogP contribution in [0.15, 0.2) is 0 Å². The number of aryl methyl sites for hydroxylation is 2. The molecular weight excluding hydrogens is 178 g/mol. The maximum absolute atomic E-state index is 9.92. The number of rotatable bonds is 4. The summed E-state index contributed by atoms with van der Waals surface area (Å²) in [7, 11) is 1.89. The van der Waals surface area contributed by atoms with Crippen LogP contribution >= 0.6 is 0 Å². The van der Waals surface area contributed by atoms with E-state index < -0.39 is 6.10 Å². The second-order valence-corrected chi connectivity index (χ2v) is 3.65. The molecule has 0 aliphatic carbocycles. The molecule has 4 nitrogen and oxygen atoms in total. The van der Waals surface area contributed by atoms with E-state index in [-0.39, 0.29) is 0 Å². The topological polar surface area (TPSA) is 64.1 Å². The fourth-order valence-electron chi connectivity index (χ4n) is 1.73. The Labute approximate surface area is 84.7 Å². The fourth-order valence-corrected chi connectivity index (χ4v) is 1.73. The Morgan fingerprint density at radius 3 is 2.57 bits per heavy atom. The van der Waals surface area contributed by atoms with E-state index in [1.807, 2.05) is 20.9 Å². The zero-order chi connectivity index (χ0) is 10.7. The Morgan fingerprint density at radius 1 is 1.50 bits per heavy atom. The van der Waals surface area contributed by atoms with Crippen LogP contribution in [0.4, 0.5) is 0 Å². The van der Waals surface area contributed by atoms with Gasteiger partial charge in [0.1, 0.15) is 0 Å². The number of aromatic nitrogens is 2. The Bertz CT molecular complexity index is 307. The van der Waals surface area contributed by atoms with E-state index in [4.69, 9.17) is 5.73 Å². The first-order chi connectivity index (χ1) is 6.57. The van der Waals surface area contributed by atoms with Crippen LogP contribution in [0.5, 0.6) is 0 Å². The fraction of sp³-hybridized carbons (Fsp3) is 0.700. The van der Waals surface area contributed by atoms with Gasteiger partial charge in [-0.2, -0.15) is 5.10 Å². The van der Waals surface area contributed by atoms with Crippen molar-refractivity contribution in [2.24, 2.45) is 12.8 Å². The highest BCUT2D eigenvalue weighted by molar-refractivity contribution is 5.26. The summed E-state index contributed by atoms with van der Waals surface area (Å²) < 4.78 is 1.80. The number of nitrogens with two attached hydrogens (primary N) is 1. The maximum atomic E-state index is 9.92. The van der Waals surface area contributed by atoms with Crippen molar-refractivity contribution in [3.63, 3.8) is 0 Å². The summed E-state index contributed by atoms with van der Waals surface area (Å²) in [6, 6.07) is 0. The molecule has 1 aromatic heterocycles. The highest BCUT2D eigenvalue weighted by atomic mass is 16.3. The zero-order valence-corrected chi connectivity index (χ0v) is 9.12. The van der Waals surface area contributed by atoms with Crippen LogP contribution in [0.25, 0.3) is 0 Å². The Balaban J connectivity index is 2.83. The highest BCUT2D eigenvalue weighted by Crippen LogP contribution is 2.24. The van der Waals surface area contributed by atoms with Gasteiger partial charge < -0.3 is 10.8 Å².